The Kier molecular flexibility index (Phi) is 5.26. The first-order valence-electron chi connectivity index (χ1n) is 6.80. The topological polar surface area (TPSA) is 28.2 Å². The van der Waals surface area contributed by atoms with Gasteiger partial charge >= 0.3 is 0 Å². The number of nitrogens with one attached hydrogen (secondary N) is 1. The second kappa shape index (κ2) is 6.97. The summed E-state index contributed by atoms with van der Waals surface area (Å²) in [5.41, 5.74) is 1.19. The molecule has 0 unspecified atom stereocenters. The molecule has 3 nitrogen and oxygen atoms in total. The van der Waals surface area contributed by atoms with Crippen molar-refractivity contribution in [1.29, 1.82) is 0 Å². The molecule has 0 spiro atoms. The van der Waals surface area contributed by atoms with Gasteiger partial charge in [0.25, 0.3) is 0 Å². The van der Waals surface area contributed by atoms with Gasteiger partial charge in [0.2, 0.25) is 0 Å². The van der Waals surface area contributed by atoms with Crippen molar-refractivity contribution in [2.45, 2.75) is 45.6 Å². The summed E-state index contributed by atoms with van der Waals surface area (Å²) in [6, 6.07) is 0. The van der Waals surface area contributed by atoms with E-state index >= 15 is 0 Å². The summed E-state index contributed by atoms with van der Waals surface area (Å²) in [5, 5.41) is 6.74. The monoisotopic (exact) mass is 253 g/mol. The van der Waals surface area contributed by atoms with Crippen LogP contribution in [-0.2, 0) is 6.54 Å². The molecule has 1 aromatic heterocycles. The van der Waals surface area contributed by atoms with Crippen LogP contribution in [0.5, 0.6) is 0 Å². The van der Waals surface area contributed by atoms with E-state index in [1.807, 2.05) is 0 Å². The van der Waals surface area contributed by atoms with Gasteiger partial charge in [-0.3, -0.25) is 0 Å². The molecule has 0 bridgehead atoms. The molecule has 0 atom stereocenters. The van der Waals surface area contributed by atoms with E-state index in [0.29, 0.717) is 0 Å². The Hall–Kier alpha value is -0.610. The third-order valence-corrected chi connectivity index (χ3v) is 4.17. The van der Waals surface area contributed by atoms with E-state index in [0.717, 1.165) is 13.1 Å². The summed E-state index contributed by atoms with van der Waals surface area (Å²) in [7, 11) is 0. The SMILES string of the molecule is CCNCc1csc(N2CCCCCCC2)n1. The van der Waals surface area contributed by atoms with Gasteiger partial charge in [0.15, 0.2) is 5.13 Å². The van der Waals surface area contributed by atoms with E-state index in [4.69, 9.17) is 4.98 Å². The second-order valence-corrected chi connectivity index (χ2v) is 5.49. The molecule has 0 radical (unpaired) electrons. The zero-order valence-corrected chi connectivity index (χ0v) is 11.6. The molecular formula is C13H23N3S. The summed E-state index contributed by atoms with van der Waals surface area (Å²) in [6.07, 6.45) is 6.82. The molecule has 2 rings (SSSR count). The van der Waals surface area contributed by atoms with Gasteiger partial charge in [0.1, 0.15) is 0 Å². The first-order valence-corrected chi connectivity index (χ1v) is 7.68. The first kappa shape index (κ1) is 12.8. The third-order valence-electron chi connectivity index (χ3n) is 3.22. The van der Waals surface area contributed by atoms with Gasteiger partial charge in [-0.2, -0.15) is 0 Å². The molecule has 1 saturated heterocycles. The Labute approximate surface area is 108 Å². The minimum Gasteiger partial charge on any atom is -0.348 e. The number of hydrogen-bond acceptors (Lipinski definition) is 4. The zero-order chi connectivity index (χ0) is 11.9. The summed E-state index contributed by atoms with van der Waals surface area (Å²) < 4.78 is 0. The Morgan fingerprint density at radius 2 is 1.94 bits per heavy atom. The highest BCUT2D eigenvalue weighted by atomic mass is 32.1. The predicted octanol–water partition coefficient (Wildman–Crippen LogP) is 3.02. The standard InChI is InChI=1S/C13H23N3S/c1-2-14-10-12-11-17-13(15-12)16-8-6-4-3-5-7-9-16/h11,14H,2-10H2,1H3. The number of hydrogen-bond donors (Lipinski definition) is 1. The van der Waals surface area contributed by atoms with Crippen LogP contribution in [0.4, 0.5) is 5.13 Å². The zero-order valence-electron chi connectivity index (χ0n) is 10.7. The van der Waals surface area contributed by atoms with Crippen LogP contribution in [-0.4, -0.2) is 24.6 Å². The van der Waals surface area contributed by atoms with Gasteiger partial charge in [-0.15, -0.1) is 11.3 Å². The van der Waals surface area contributed by atoms with E-state index in [1.54, 1.807) is 11.3 Å². The number of rotatable bonds is 4. The molecule has 17 heavy (non-hydrogen) atoms. The van der Waals surface area contributed by atoms with Gasteiger partial charge in [-0.1, -0.05) is 26.2 Å². The van der Waals surface area contributed by atoms with Crippen LogP contribution in [0, 0.1) is 0 Å². The minimum absolute atomic E-state index is 0.904. The molecule has 1 aliphatic heterocycles. The maximum atomic E-state index is 4.73. The van der Waals surface area contributed by atoms with E-state index in [9.17, 15) is 0 Å². The molecule has 0 saturated carbocycles. The third kappa shape index (κ3) is 3.96. The van der Waals surface area contributed by atoms with Crippen molar-refractivity contribution < 1.29 is 0 Å². The lowest BCUT2D eigenvalue weighted by atomic mass is 10.1. The number of aromatic nitrogens is 1. The summed E-state index contributed by atoms with van der Waals surface area (Å²) in [6.45, 7) is 6.42. The van der Waals surface area contributed by atoms with Gasteiger partial charge < -0.3 is 10.2 Å². The Morgan fingerprint density at radius 3 is 2.65 bits per heavy atom. The maximum absolute atomic E-state index is 4.73. The summed E-state index contributed by atoms with van der Waals surface area (Å²) in [5.74, 6) is 0. The molecule has 96 valence electrons. The number of nitrogens with zero attached hydrogens (tertiary/aromatic N) is 2. The fourth-order valence-corrected chi connectivity index (χ4v) is 3.09. The minimum atomic E-state index is 0.904. The van der Waals surface area contributed by atoms with Crippen LogP contribution < -0.4 is 10.2 Å². The molecule has 2 heterocycles. The predicted molar refractivity (Wildman–Crippen MR) is 74.8 cm³/mol. The van der Waals surface area contributed by atoms with Crippen LogP contribution in [0.15, 0.2) is 5.38 Å². The Morgan fingerprint density at radius 1 is 1.24 bits per heavy atom. The van der Waals surface area contributed by atoms with Crippen molar-refractivity contribution in [3.63, 3.8) is 0 Å². The van der Waals surface area contributed by atoms with E-state index < -0.39 is 0 Å². The average molecular weight is 253 g/mol. The van der Waals surface area contributed by atoms with Crippen LogP contribution in [0.3, 0.4) is 0 Å². The van der Waals surface area contributed by atoms with Crippen molar-refractivity contribution >= 4 is 16.5 Å². The molecule has 1 aromatic rings. The van der Waals surface area contributed by atoms with Crippen molar-refractivity contribution in [2.75, 3.05) is 24.5 Å². The normalized spacial score (nSPS) is 17.8. The van der Waals surface area contributed by atoms with Gasteiger partial charge in [-0.05, 0) is 19.4 Å². The lowest BCUT2D eigenvalue weighted by Gasteiger charge is -2.23. The van der Waals surface area contributed by atoms with Crippen LogP contribution >= 0.6 is 11.3 Å². The smallest absolute Gasteiger partial charge is 0.185 e. The first-order chi connectivity index (χ1) is 8.40. The maximum Gasteiger partial charge on any atom is 0.185 e. The molecular weight excluding hydrogens is 230 g/mol. The molecule has 1 N–H and O–H groups in total. The van der Waals surface area contributed by atoms with E-state index in [-0.39, 0.29) is 0 Å². The van der Waals surface area contributed by atoms with Gasteiger partial charge in [-0.25, -0.2) is 4.98 Å². The molecule has 0 aliphatic carbocycles. The fraction of sp³-hybridized carbons (Fsp3) is 0.769. The molecule has 0 aromatic carbocycles. The Balaban J connectivity index is 1.92. The largest absolute Gasteiger partial charge is 0.348 e. The Bertz CT molecular complexity index is 316. The quantitative estimate of drug-likeness (QED) is 0.894. The fourth-order valence-electron chi connectivity index (χ4n) is 2.21. The number of anilines is 1. The molecule has 4 heteroatoms. The lowest BCUT2D eigenvalue weighted by Crippen LogP contribution is -2.26. The van der Waals surface area contributed by atoms with Crippen LogP contribution in [0.2, 0.25) is 0 Å². The molecule has 1 aliphatic rings. The number of thiazole rings is 1. The van der Waals surface area contributed by atoms with Crippen molar-refractivity contribution in [3.05, 3.63) is 11.1 Å². The summed E-state index contributed by atoms with van der Waals surface area (Å²) >= 11 is 1.80. The molecule has 0 amide bonds. The lowest BCUT2D eigenvalue weighted by molar-refractivity contribution is 0.555. The highest BCUT2D eigenvalue weighted by molar-refractivity contribution is 7.13. The highest BCUT2D eigenvalue weighted by Crippen LogP contribution is 2.23. The van der Waals surface area contributed by atoms with Crippen LogP contribution in [0.25, 0.3) is 0 Å². The van der Waals surface area contributed by atoms with E-state index in [2.05, 4.69) is 22.5 Å². The van der Waals surface area contributed by atoms with Crippen molar-refractivity contribution in [2.24, 2.45) is 0 Å². The van der Waals surface area contributed by atoms with Crippen molar-refractivity contribution in [3.8, 4) is 0 Å². The van der Waals surface area contributed by atoms with E-state index in [1.165, 1.54) is 56.0 Å². The van der Waals surface area contributed by atoms with Crippen molar-refractivity contribution in [1.82, 2.24) is 10.3 Å². The molecule has 1 fully saturated rings. The summed E-state index contributed by atoms with van der Waals surface area (Å²) in [4.78, 5) is 7.20. The average Bonchev–Trinajstić information content (AvgIpc) is 2.74. The highest BCUT2D eigenvalue weighted by Gasteiger charge is 2.12. The van der Waals surface area contributed by atoms with Crippen LogP contribution in [0.1, 0.15) is 44.7 Å². The van der Waals surface area contributed by atoms with Gasteiger partial charge in [0, 0.05) is 25.0 Å². The van der Waals surface area contributed by atoms with Gasteiger partial charge in [0.05, 0.1) is 5.69 Å². The second-order valence-electron chi connectivity index (χ2n) is 4.66.